The van der Waals surface area contributed by atoms with Crippen LogP contribution in [0.15, 0.2) is 35.2 Å². The Morgan fingerprint density at radius 3 is 2.69 bits per heavy atom. The molecule has 1 saturated heterocycles. The molecule has 1 fully saturated rings. The summed E-state index contributed by atoms with van der Waals surface area (Å²) < 4.78 is 27.6. The van der Waals surface area contributed by atoms with Crippen molar-refractivity contribution in [3.63, 3.8) is 0 Å². The number of hydrogen-bond donors (Lipinski definition) is 0. The van der Waals surface area contributed by atoms with Crippen LogP contribution >= 0.6 is 11.6 Å². The van der Waals surface area contributed by atoms with Crippen molar-refractivity contribution in [1.29, 1.82) is 0 Å². The first-order valence-corrected chi connectivity index (χ1v) is 10.7. The molecular weight excluding hydrogens is 372 g/mol. The summed E-state index contributed by atoms with van der Waals surface area (Å²) in [6, 6.07) is 4.47. The number of benzene rings is 1. The lowest BCUT2D eigenvalue weighted by atomic mass is 10.0. The van der Waals surface area contributed by atoms with E-state index in [1.165, 1.54) is 16.4 Å². The molecule has 1 heterocycles. The molecule has 0 aliphatic carbocycles. The molecule has 2 rings (SSSR count). The third kappa shape index (κ3) is 4.67. The van der Waals surface area contributed by atoms with Gasteiger partial charge in [-0.1, -0.05) is 30.7 Å². The highest BCUT2D eigenvalue weighted by atomic mass is 35.5. The number of likely N-dealkylation sites (N-methyl/N-ethyl adjacent to an activating group) is 1. The van der Waals surface area contributed by atoms with Crippen molar-refractivity contribution < 1.29 is 13.2 Å². The molecule has 1 atom stereocenters. The summed E-state index contributed by atoms with van der Waals surface area (Å²) >= 11 is 6.19. The summed E-state index contributed by atoms with van der Waals surface area (Å²) in [5.74, 6) is 0.0869. The molecule has 0 radical (unpaired) electrons. The van der Waals surface area contributed by atoms with Gasteiger partial charge >= 0.3 is 0 Å². The number of hydrogen-bond acceptors (Lipinski definition) is 3. The van der Waals surface area contributed by atoms with Crippen molar-refractivity contribution in [3.8, 4) is 0 Å². The molecule has 1 aromatic rings. The van der Waals surface area contributed by atoms with Gasteiger partial charge in [0.2, 0.25) is 10.0 Å². The molecule has 26 heavy (non-hydrogen) atoms. The third-order valence-corrected chi connectivity index (χ3v) is 6.89. The molecule has 144 valence electrons. The fraction of sp³-hybridized carbons (Fsp3) is 0.526. The second-order valence-corrected chi connectivity index (χ2v) is 9.35. The average molecular weight is 399 g/mol. The standard InChI is InChI=1S/C19H27ClN2O3S/c1-5-21(12-14(2)3)19(23)16-8-9-17(20)18(11-16)26(24,25)22-10-6-7-15(4)13-22/h8-9,11,15H,2,5-7,10,12-13H2,1,3-4H3. The number of nitrogens with zero attached hydrogens (tertiary/aromatic N) is 2. The zero-order valence-corrected chi connectivity index (χ0v) is 17.2. The topological polar surface area (TPSA) is 57.7 Å². The van der Waals surface area contributed by atoms with Gasteiger partial charge in [-0.25, -0.2) is 8.42 Å². The highest BCUT2D eigenvalue weighted by Crippen LogP contribution is 2.29. The minimum atomic E-state index is -3.72. The lowest BCUT2D eigenvalue weighted by molar-refractivity contribution is 0.0778. The minimum absolute atomic E-state index is 0.00509. The Labute approximate surface area is 161 Å². The first-order chi connectivity index (χ1) is 12.2. The highest BCUT2D eigenvalue weighted by Gasteiger charge is 2.31. The van der Waals surface area contributed by atoms with Crippen molar-refractivity contribution in [3.05, 3.63) is 40.9 Å². The molecule has 1 aromatic carbocycles. The largest absolute Gasteiger partial charge is 0.335 e. The molecule has 1 aliphatic rings. The van der Waals surface area contributed by atoms with Crippen molar-refractivity contribution in [2.45, 2.75) is 38.5 Å². The lowest BCUT2D eigenvalue weighted by Gasteiger charge is -2.30. The van der Waals surface area contributed by atoms with Crippen molar-refractivity contribution in [1.82, 2.24) is 9.21 Å². The molecule has 7 heteroatoms. The van der Waals surface area contributed by atoms with E-state index in [0.29, 0.717) is 37.7 Å². The fourth-order valence-corrected chi connectivity index (χ4v) is 5.27. The molecule has 0 bridgehead atoms. The summed E-state index contributed by atoms with van der Waals surface area (Å²) in [4.78, 5) is 14.4. The number of carbonyl (C=O) groups is 1. The van der Waals surface area contributed by atoms with E-state index < -0.39 is 10.0 Å². The summed E-state index contributed by atoms with van der Waals surface area (Å²) in [6.07, 6.45) is 1.85. The highest BCUT2D eigenvalue weighted by molar-refractivity contribution is 7.89. The molecule has 0 aromatic heterocycles. The number of rotatable bonds is 6. The Morgan fingerprint density at radius 2 is 2.12 bits per heavy atom. The Bertz CT molecular complexity index is 792. The van der Waals surface area contributed by atoms with Crippen LogP contribution in [-0.2, 0) is 10.0 Å². The number of halogens is 1. The molecular formula is C19H27ClN2O3S. The first kappa shape index (κ1) is 20.9. The van der Waals surface area contributed by atoms with E-state index >= 15 is 0 Å². The zero-order chi connectivity index (χ0) is 19.5. The maximum Gasteiger partial charge on any atom is 0.254 e. The van der Waals surface area contributed by atoms with Gasteiger partial charge in [0.05, 0.1) is 5.02 Å². The fourth-order valence-electron chi connectivity index (χ4n) is 3.17. The second kappa shape index (κ2) is 8.55. The summed E-state index contributed by atoms with van der Waals surface area (Å²) in [6.45, 7) is 11.5. The molecule has 5 nitrogen and oxygen atoms in total. The van der Waals surface area contributed by atoms with E-state index in [4.69, 9.17) is 11.6 Å². The van der Waals surface area contributed by atoms with E-state index in [1.54, 1.807) is 11.0 Å². The quantitative estimate of drug-likeness (QED) is 0.685. The van der Waals surface area contributed by atoms with E-state index in [9.17, 15) is 13.2 Å². The van der Waals surface area contributed by atoms with Crippen LogP contribution in [0.25, 0.3) is 0 Å². The van der Waals surface area contributed by atoms with Gasteiger partial charge in [-0.3, -0.25) is 4.79 Å². The van der Waals surface area contributed by atoms with Crippen LogP contribution in [0.2, 0.25) is 5.02 Å². The average Bonchev–Trinajstić information content (AvgIpc) is 2.59. The summed E-state index contributed by atoms with van der Waals surface area (Å²) in [7, 11) is -3.72. The van der Waals surface area contributed by atoms with Gasteiger partial charge in [0, 0.05) is 31.7 Å². The Balaban J connectivity index is 2.37. The smallest absolute Gasteiger partial charge is 0.254 e. The van der Waals surface area contributed by atoms with Crippen LogP contribution in [0.3, 0.4) is 0 Å². The van der Waals surface area contributed by atoms with Gasteiger partial charge in [0.15, 0.2) is 0 Å². The predicted molar refractivity (Wildman–Crippen MR) is 105 cm³/mol. The molecule has 1 aliphatic heterocycles. The normalized spacial score (nSPS) is 18.5. The maximum atomic E-state index is 13.0. The number of piperidine rings is 1. The SMILES string of the molecule is C=C(C)CN(CC)C(=O)c1ccc(Cl)c(S(=O)(=O)N2CCCC(C)C2)c1. The van der Waals surface area contributed by atoms with E-state index in [2.05, 4.69) is 6.58 Å². The minimum Gasteiger partial charge on any atom is -0.335 e. The summed E-state index contributed by atoms with van der Waals surface area (Å²) in [5, 5.41) is 0.141. The molecule has 1 unspecified atom stereocenters. The van der Waals surface area contributed by atoms with Crippen LogP contribution in [0.5, 0.6) is 0 Å². The zero-order valence-electron chi connectivity index (χ0n) is 15.7. The first-order valence-electron chi connectivity index (χ1n) is 8.90. The maximum absolute atomic E-state index is 13.0. The van der Waals surface area contributed by atoms with E-state index in [-0.39, 0.29) is 15.8 Å². The number of carbonyl (C=O) groups excluding carboxylic acids is 1. The third-order valence-electron chi connectivity index (χ3n) is 4.55. The second-order valence-electron chi connectivity index (χ2n) is 7.03. The Hall–Kier alpha value is -1.37. The van der Waals surface area contributed by atoms with Gasteiger partial charge in [0.25, 0.3) is 5.91 Å². The van der Waals surface area contributed by atoms with Gasteiger partial charge in [0.1, 0.15) is 4.90 Å². The summed E-state index contributed by atoms with van der Waals surface area (Å²) in [5.41, 5.74) is 1.19. The van der Waals surface area contributed by atoms with Crippen LogP contribution in [0.1, 0.15) is 44.0 Å². The number of amides is 1. The van der Waals surface area contributed by atoms with Crippen LogP contribution in [-0.4, -0.2) is 49.7 Å². The predicted octanol–water partition coefficient (Wildman–Crippen LogP) is 3.80. The molecule has 1 amide bonds. The molecule has 0 saturated carbocycles. The van der Waals surface area contributed by atoms with Gasteiger partial charge in [-0.15, -0.1) is 0 Å². The van der Waals surface area contributed by atoms with Crippen LogP contribution in [0, 0.1) is 5.92 Å². The molecule has 0 spiro atoms. The van der Waals surface area contributed by atoms with E-state index in [1.807, 2.05) is 20.8 Å². The van der Waals surface area contributed by atoms with Crippen molar-refractivity contribution in [2.75, 3.05) is 26.2 Å². The van der Waals surface area contributed by atoms with Crippen LogP contribution < -0.4 is 0 Å². The van der Waals surface area contributed by atoms with Crippen molar-refractivity contribution >= 4 is 27.5 Å². The lowest BCUT2D eigenvalue weighted by Crippen LogP contribution is -2.39. The van der Waals surface area contributed by atoms with Crippen LogP contribution in [0.4, 0.5) is 0 Å². The van der Waals surface area contributed by atoms with Gasteiger partial charge in [-0.2, -0.15) is 4.31 Å². The Morgan fingerprint density at radius 1 is 1.42 bits per heavy atom. The molecule has 0 N–H and O–H groups in total. The monoisotopic (exact) mass is 398 g/mol. The van der Waals surface area contributed by atoms with E-state index in [0.717, 1.165) is 18.4 Å². The van der Waals surface area contributed by atoms with Crippen molar-refractivity contribution in [2.24, 2.45) is 5.92 Å². The Kier molecular flexibility index (Phi) is 6.88. The van der Waals surface area contributed by atoms with Gasteiger partial charge in [-0.05, 0) is 50.8 Å². The van der Waals surface area contributed by atoms with Gasteiger partial charge < -0.3 is 4.90 Å². The number of sulfonamides is 1.